The lowest BCUT2D eigenvalue weighted by Gasteiger charge is -2.12. The van der Waals surface area contributed by atoms with Gasteiger partial charge in [-0.3, -0.25) is 14.3 Å². The Morgan fingerprint density at radius 2 is 1.96 bits per heavy atom. The van der Waals surface area contributed by atoms with Crippen LogP contribution in [0.25, 0.3) is 11.3 Å². The van der Waals surface area contributed by atoms with Gasteiger partial charge in [0, 0.05) is 24.2 Å². The molecule has 10 heteroatoms. The Morgan fingerprint density at radius 3 is 2.54 bits per heavy atom. The van der Waals surface area contributed by atoms with E-state index in [4.69, 9.17) is 5.11 Å². The molecule has 2 N–H and O–H groups in total. The second kappa shape index (κ2) is 7.54. The summed E-state index contributed by atoms with van der Waals surface area (Å²) >= 11 is 0. The molecule has 2 aromatic rings. The van der Waals surface area contributed by atoms with Crippen molar-refractivity contribution >= 4 is 11.9 Å². The molecule has 0 fully saturated rings. The third kappa shape index (κ3) is 4.38. The summed E-state index contributed by atoms with van der Waals surface area (Å²) in [5, 5.41) is 14.5. The number of carbonyl (C=O) groups excluding carboxylic acids is 1. The molecule has 0 radical (unpaired) electrons. The number of carboxylic acid groups (broad SMARTS) is 1. The van der Waals surface area contributed by atoms with E-state index in [1.165, 1.54) is 0 Å². The first-order chi connectivity index (χ1) is 12.1. The molecule has 0 saturated carbocycles. The Balaban J connectivity index is 2.43. The van der Waals surface area contributed by atoms with E-state index in [9.17, 15) is 27.2 Å². The number of carboxylic acids is 1. The van der Waals surface area contributed by atoms with E-state index in [2.05, 4.69) is 10.4 Å². The largest absolute Gasteiger partial charge is 0.481 e. The van der Waals surface area contributed by atoms with Gasteiger partial charge in [-0.2, -0.15) is 18.3 Å². The van der Waals surface area contributed by atoms with E-state index >= 15 is 0 Å². The Morgan fingerprint density at radius 1 is 1.27 bits per heavy atom. The van der Waals surface area contributed by atoms with Gasteiger partial charge in [-0.05, 0) is 25.1 Å². The molecule has 0 saturated heterocycles. The number of nitrogens with one attached hydrogen (secondary N) is 1. The van der Waals surface area contributed by atoms with Crippen molar-refractivity contribution in [2.24, 2.45) is 0 Å². The maximum atomic E-state index is 13.9. The van der Waals surface area contributed by atoms with Gasteiger partial charge in [0.2, 0.25) is 0 Å². The number of aliphatic carboxylic acids is 1. The zero-order valence-corrected chi connectivity index (χ0v) is 13.6. The molecule has 1 aromatic heterocycles. The molecule has 1 aromatic carbocycles. The van der Waals surface area contributed by atoms with E-state index in [0.29, 0.717) is 6.20 Å². The first-order valence-electron chi connectivity index (χ1n) is 7.57. The minimum Gasteiger partial charge on any atom is -0.481 e. The number of carbonyl (C=O) groups is 2. The molecule has 0 aliphatic rings. The molecule has 0 aliphatic heterocycles. The molecular weight excluding hydrogens is 358 g/mol. The fraction of sp³-hybridized carbons (Fsp3) is 0.312. The van der Waals surface area contributed by atoms with Crippen molar-refractivity contribution in [2.75, 3.05) is 6.54 Å². The molecule has 0 spiro atoms. The smallest absolute Gasteiger partial charge is 0.420 e. The van der Waals surface area contributed by atoms with Crippen molar-refractivity contribution in [3.05, 3.63) is 41.3 Å². The molecule has 0 atom stereocenters. The van der Waals surface area contributed by atoms with E-state index in [1.54, 1.807) is 6.92 Å². The SMILES string of the molecule is CCn1ncc(C(F)(F)F)c1-c1cc(F)cc(C(=O)NCCC(=O)O)c1. The fourth-order valence-corrected chi connectivity index (χ4v) is 2.38. The number of halogens is 4. The van der Waals surface area contributed by atoms with Crippen molar-refractivity contribution < 1.29 is 32.3 Å². The van der Waals surface area contributed by atoms with Crippen LogP contribution in [0.5, 0.6) is 0 Å². The van der Waals surface area contributed by atoms with Gasteiger partial charge in [-0.25, -0.2) is 4.39 Å². The van der Waals surface area contributed by atoms with Crippen LogP contribution in [-0.4, -0.2) is 33.3 Å². The molecule has 1 heterocycles. The van der Waals surface area contributed by atoms with Crippen LogP contribution >= 0.6 is 0 Å². The van der Waals surface area contributed by atoms with Crippen LogP contribution in [0.4, 0.5) is 17.6 Å². The zero-order valence-electron chi connectivity index (χ0n) is 13.6. The van der Waals surface area contributed by atoms with Crippen molar-refractivity contribution in [1.82, 2.24) is 15.1 Å². The van der Waals surface area contributed by atoms with Gasteiger partial charge in [-0.1, -0.05) is 0 Å². The Labute approximate surface area is 145 Å². The lowest BCUT2D eigenvalue weighted by Crippen LogP contribution is -2.26. The minimum absolute atomic E-state index is 0.113. The highest BCUT2D eigenvalue weighted by Crippen LogP contribution is 2.37. The Kier molecular flexibility index (Phi) is 5.63. The summed E-state index contributed by atoms with van der Waals surface area (Å²) in [4.78, 5) is 22.5. The summed E-state index contributed by atoms with van der Waals surface area (Å²) in [6.45, 7) is 1.50. The third-order valence-electron chi connectivity index (χ3n) is 3.50. The summed E-state index contributed by atoms with van der Waals surface area (Å²) in [6.07, 6.45) is -4.38. The fourth-order valence-electron chi connectivity index (χ4n) is 2.38. The molecule has 6 nitrogen and oxygen atoms in total. The lowest BCUT2D eigenvalue weighted by molar-refractivity contribution is -0.137. The van der Waals surface area contributed by atoms with Crippen LogP contribution in [0.2, 0.25) is 0 Å². The van der Waals surface area contributed by atoms with E-state index in [1.807, 2.05) is 0 Å². The standard InChI is InChI=1S/C16H15F4N3O3/c1-2-23-14(12(8-22-23)16(18,19)20)9-5-10(7-11(17)6-9)15(26)21-4-3-13(24)25/h5-8H,2-4H2,1H3,(H,21,26)(H,24,25). The maximum absolute atomic E-state index is 13.9. The van der Waals surface area contributed by atoms with Gasteiger partial charge in [0.1, 0.15) is 11.4 Å². The van der Waals surface area contributed by atoms with Gasteiger partial charge >= 0.3 is 12.1 Å². The zero-order chi connectivity index (χ0) is 19.5. The predicted molar refractivity (Wildman–Crippen MR) is 82.9 cm³/mol. The number of nitrogens with zero attached hydrogens (tertiary/aromatic N) is 2. The maximum Gasteiger partial charge on any atom is 0.420 e. The highest BCUT2D eigenvalue weighted by molar-refractivity contribution is 5.95. The van der Waals surface area contributed by atoms with Gasteiger partial charge < -0.3 is 10.4 Å². The Bertz CT molecular complexity index is 831. The average Bonchev–Trinajstić information content (AvgIpc) is 2.98. The molecule has 0 bridgehead atoms. The number of hydrogen-bond acceptors (Lipinski definition) is 3. The number of alkyl halides is 3. The first kappa shape index (κ1) is 19.4. The number of aromatic nitrogens is 2. The lowest BCUT2D eigenvalue weighted by atomic mass is 10.0. The monoisotopic (exact) mass is 373 g/mol. The van der Waals surface area contributed by atoms with Crippen LogP contribution in [0.3, 0.4) is 0 Å². The van der Waals surface area contributed by atoms with Crippen LogP contribution in [-0.2, 0) is 17.5 Å². The van der Waals surface area contributed by atoms with Crippen LogP contribution in [0.1, 0.15) is 29.3 Å². The molecule has 1 amide bonds. The molecule has 140 valence electrons. The molecular formula is C16H15F4N3O3. The predicted octanol–water partition coefficient (Wildman–Crippen LogP) is 2.93. The highest BCUT2D eigenvalue weighted by atomic mass is 19.4. The van der Waals surface area contributed by atoms with Gasteiger partial charge in [0.25, 0.3) is 5.91 Å². The quantitative estimate of drug-likeness (QED) is 0.763. The minimum atomic E-state index is -4.70. The second-order valence-electron chi connectivity index (χ2n) is 5.35. The van der Waals surface area contributed by atoms with E-state index in [-0.39, 0.29) is 36.3 Å². The van der Waals surface area contributed by atoms with Gasteiger partial charge in [-0.15, -0.1) is 0 Å². The summed E-state index contributed by atoms with van der Waals surface area (Å²) in [5.74, 6) is -2.82. The first-order valence-corrected chi connectivity index (χ1v) is 7.57. The van der Waals surface area contributed by atoms with Crippen LogP contribution in [0.15, 0.2) is 24.4 Å². The summed E-state index contributed by atoms with van der Waals surface area (Å²) in [5.41, 5.74) is -1.76. The normalized spacial score (nSPS) is 11.4. The van der Waals surface area contributed by atoms with Crippen LogP contribution < -0.4 is 5.32 Å². The second-order valence-corrected chi connectivity index (χ2v) is 5.35. The highest BCUT2D eigenvalue weighted by Gasteiger charge is 2.36. The number of hydrogen-bond donors (Lipinski definition) is 2. The summed E-state index contributed by atoms with van der Waals surface area (Å²) in [6, 6.07) is 2.85. The number of amides is 1. The summed E-state index contributed by atoms with van der Waals surface area (Å²) in [7, 11) is 0. The van der Waals surface area contributed by atoms with Crippen LogP contribution in [0, 0.1) is 5.82 Å². The molecule has 0 unspecified atom stereocenters. The molecule has 26 heavy (non-hydrogen) atoms. The van der Waals surface area contributed by atoms with Crippen molar-refractivity contribution in [3.63, 3.8) is 0 Å². The average molecular weight is 373 g/mol. The Hall–Kier alpha value is -2.91. The number of aryl methyl sites for hydroxylation is 1. The number of benzene rings is 1. The number of rotatable bonds is 6. The molecule has 2 rings (SSSR count). The topological polar surface area (TPSA) is 84.2 Å². The molecule has 0 aliphatic carbocycles. The van der Waals surface area contributed by atoms with Crippen molar-refractivity contribution in [1.29, 1.82) is 0 Å². The van der Waals surface area contributed by atoms with E-state index in [0.717, 1.165) is 22.9 Å². The third-order valence-corrected chi connectivity index (χ3v) is 3.50. The van der Waals surface area contributed by atoms with Crippen molar-refractivity contribution in [3.8, 4) is 11.3 Å². The van der Waals surface area contributed by atoms with Gasteiger partial charge in [0.15, 0.2) is 0 Å². The van der Waals surface area contributed by atoms with Gasteiger partial charge in [0.05, 0.1) is 18.3 Å². The summed E-state index contributed by atoms with van der Waals surface area (Å²) < 4.78 is 54.6. The van der Waals surface area contributed by atoms with Crippen molar-refractivity contribution in [2.45, 2.75) is 26.1 Å². The van der Waals surface area contributed by atoms with E-state index < -0.39 is 29.4 Å².